The molecule has 1 atom stereocenters. The zero-order valence-electron chi connectivity index (χ0n) is 11.0. The molecule has 0 aliphatic rings. The number of furan rings is 1. The number of carbonyl (C=O) groups excluding carboxylic acids is 1. The van der Waals surface area contributed by atoms with Crippen molar-refractivity contribution < 1.29 is 14.3 Å². The van der Waals surface area contributed by atoms with Crippen LogP contribution in [0, 0.1) is 0 Å². The highest BCUT2D eigenvalue weighted by atomic mass is 16.3. The van der Waals surface area contributed by atoms with Crippen LogP contribution in [0.2, 0.25) is 0 Å². The number of hydrogen-bond donors (Lipinski definition) is 2. The number of carbonyl (C=O) groups is 1. The summed E-state index contributed by atoms with van der Waals surface area (Å²) in [4.78, 5) is 12.2. The van der Waals surface area contributed by atoms with Gasteiger partial charge in [-0.3, -0.25) is 4.79 Å². The van der Waals surface area contributed by atoms with Crippen LogP contribution in [0.1, 0.15) is 42.2 Å². The normalized spacial score (nSPS) is 12.6. The van der Waals surface area contributed by atoms with Gasteiger partial charge in [0, 0.05) is 12.2 Å². The summed E-state index contributed by atoms with van der Waals surface area (Å²) in [5.41, 5.74) is 0.569. The summed E-state index contributed by atoms with van der Waals surface area (Å²) < 4.78 is 7.08. The van der Waals surface area contributed by atoms with Crippen LogP contribution in [-0.4, -0.2) is 22.2 Å². The Morgan fingerprint density at radius 3 is 2.79 bits per heavy atom. The van der Waals surface area contributed by atoms with Crippen LogP contribution in [0.15, 0.2) is 41.1 Å². The number of aliphatic hydroxyl groups is 1. The molecule has 5 nitrogen and oxygen atoms in total. The summed E-state index contributed by atoms with van der Waals surface area (Å²) >= 11 is 0. The van der Waals surface area contributed by atoms with Crippen LogP contribution in [0.25, 0.3) is 0 Å². The van der Waals surface area contributed by atoms with Crippen LogP contribution in [0.5, 0.6) is 0 Å². The number of aliphatic hydroxyl groups excluding tert-OH is 1. The molecule has 0 spiro atoms. The fourth-order valence-corrected chi connectivity index (χ4v) is 1.96. The van der Waals surface area contributed by atoms with Gasteiger partial charge in [0.05, 0.1) is 12.9 Å². The van der Waals surface area contributed by atoms with E-state index in [1.165, 1.54) is 6.26 Å². The predicted octanol–water partition coefficient (Wildman–Crippen LogP) is 2.13. The summed E-state index contributed by atoms with van der Waals surface area (Å²) in [6, 6.07) is 6.70. The van der Waals surface area contributed by atoms with Gasteiger partial charge in [-0.2, -0.15) is 0 Å². The third-order valence-electron chi connectivity index (χ3n) is 2.94. The van der Waals surface area contributed by atoms with Crippen LogP contribution in [0.3, 0.4) is 0 Å². The van der Waals surface area contributed by atoms with Crippen molar-refractivity contribution in [1.82, 2.24) is 9.88 Å². The van der Waals surface area contributed by atoms with Crippen molar-refractivity contribution >= 4 is 5.91 Å². The highest BCUT2D eigenvalue weighted by molar-refractivity contribution is 5.93. The Hall–Kier alpha value is -2.01. The van der Waals surface area contributed by atoms with Crippen molar-refractivity contribution in [2.45, 2.75) is 25.9 Å². The molecule has 0 saturated heterocycles. The summed E-state index contributed by atoms with van der Waals surface area (Å²) in [5.74, 6) is 0.313. The first-order chi connectivity index (χ1) is 9.13. The third-order valence-corrected chi connectivity index (χ3v) is 2.94. The van der Waals surface area contributed by atoms with E-state index >= 15 is 0 Å². The second-order valence-electron chi connectivity index (χ2n) is 4.62. The van der Waals surface area contributed by atoms with Crippen LogP contribution < -0.4 is 5.32 Å². The minimum atomic E-state index is -0.530. The molecular weight excluding hydrogens is 244 g/mol. The molecule has 0 fully saturated rings. The SMILES string of the molecule is CC(C)n1cccc1C(=O)NC(CO)c1ccco1. The highest BCUT2D eigenvalue weighted by Gasteiger charge is 2.19. The molecule has 0 aliphatic heterocycles. The van der Waals surface area contributed by atoms with E-state index in [1.807, 2.05) is 30.7 Å². The molecule has 2 heterocycles. The van der Waals surface area contributed by atoms with Crippen LogP contribution in [-0.2, 0) is 0 Å². The Morgan fingerprint density at radius 2 is 2.21 bits per heavy atom. The number of nitrogens with zero attached hydrogens (tertiary/aromatic N) is 1. The number of rotatable bonds is 5. The standard InChI is InChI=1S/C14H18N2O3/c1-10(2)16-7-3-5-12(16)14(18)15-11(9-17)13-6-4-8-19-13/h3-8,10-11,17H,9H2,1-2H3,(H,15,18). The summed E-state index contributed by atoms with van der Waals surface area (Å²) in [6.07, 6.45) is 3.38. The second-order valence-corrected chi connectivity index (χ2v) is 4.62. The number of nitrogens with one attached hydrogen (secondary N) is 1. The lowest BCUT2D eigenvalue weighted by molar-refractivity contribution is 0.0896. The Bertz CT molecular complexity index is 529. The molecule has 19 heavy (non-hydrogen) atoms. The van der Waals surface area contributed by atoms with Gasteiger partial charge in [-0.05, 0) is 38.1 Å². The lowest BCUT2D eigenvalue weighted by Gasteiger charge is -2.16. The Morgan fingerprint density at radius 1 is 1.42 bits per heavy atom. The van der Waals surface area contributed by atoms with Gasteiger partial charge in [-0.15, -0.1) is 0 Å². The van der Waals surface area contributed by atoms with Gasteiger partial charge in [0.1, 0.15) is 17.5 Å². The van der Waals surface area contributed by atoms with E-state index in [0.717, 1.165) is 0 Å². The van der Waals surface area contributed by atoms with E-state index < -0.39 is 6.04 Å². The first kappa shape index (κ1) is 13.4. The number of hydrogen-bond acceptors (Lipinski definition) is 3. The minimum Gasteiger partial charge on any atom is -0.467 e. The van der Waals surface area contributed by atoms with Crippen molar-refractivity contribution in [3.05, 3.63) is 48.2 Å². The molecule has 0 aliphatic carbocycles. The molecule has 1 amide bonds. The van der Waals surface area contributed by atoms with Crippen molar-refractivity contribution in [3.8, 4) is 0 Å². The van der Waals surface area contributed by atoms with E-state index in [0.29, 0.717) is 11.5 Å². The average Bonchev–Trinajstić information content (AvgIpc) is 3.05. The molecule has 5 heteroatoms. The van der Waals surface area contributed by atoms with E-state index in [1.54, 1.807) is 18.2 Å². The van der Waals surface area contributed by atoms with Gasteiger partial charge in [0.15, 0.2) is 0 Å². The minimum absolute atomic E-state index is 0.201. The summed E-state index contributed by atoms with van der Waals surface area (Å²) in [6.45, 7) is 3.81. The predicted molar refractivity (Wildman–Crippen MR) is 70.8 cm³/mol. The van der Waals surface area contributed by atoms with Gasteiger partial charge in [-0.25, -0.2) is 0 Å². The largest absolute Gasteiger partial charge is 0.467 e. The first-order valence-corrected chi connectivity index (χ1v) is 6.25. The molecule has 2 N–H and O–H groups in total. The average molecular weight is 262 g/mol. The van der Waals surface area contributed by atoms with E-state index in [-0.39, 0.29) is 18.6 Å². The number of aromatic nitrogens is 1. The lowest BCUT2D eigenvalue weighted by atomic mass is 10.2. The molecule has 1 unspecified atom stereocenters. The zero-order valence-corrected chi connectivity index (χ0v) is 11.0. The van der Waals surface area contributed by atoms with Gasteiger partial charge >= 0.3 is 0 Å². The quantitative estimate of drug-likeness (QED) is 0.867. The maximum absolute atomic E-state index is 12.2. The Labute approximate surface area is 111 Å². The van der Waals surface area contributed by atoms with Crippen LogP contribution >= 0.6 is 0 Å². The molecule has 0 aromatic carbocycles. The van der Waals surface area contributed by atoms with Crippen molar-refractivity contribution in [2.24, 2.45) is 0 Å². The summed E-state index contributed by atoms with van der Waals surface area (Å²) in [5, 5.41) is 12.1. The monoisotopic (exact) mass is 262 g/mol. The van der Waals surface area contributed by atoms with Crippen molar-refractivity contribution in [1.29, 1.82) is 0 Å². The first-order valence-electron chi connectivity index (χ1n) is 6.25. The number of amides is 1. The molecule has 102 valence electrons. The lowest BCUT2D eigenvalue weighted by Crippen LogP contribution is -2.32. The second kappa shape index (κ2) is 5.75. The molecule has 0 saturated carbocycles. The fourth-order valence-electron chi connectivity index (χ4n) is 1.96. The molecular formula is C14H18N2O3. The van der Waals surface area contributed by atoms with Crippen molar-refractivity contribution in [3.63, 3.8) is 0 Å². The summed E-state index contributed by atoms with van der Waals surface area (Å²) in [7, 11) is 0. The molecule has 0 bridgehead atoms. The van der Waals surface area contributed by atoms with Gasteiger partial charge in [0.2, 0.25) is 0 Å². The third kappa shape index (κ3) is 2.88. The van der Waals surface area contributed by atoms with E-state index in [2.05, 4.69) is 5.32 Å². The zero-order chi connectivity index (χ0) is 13.8. The fraction of sp³-hybridized carbons (Fsp3) is 0.357. The van der Waals surface area contributed by atoms with Gasteiger partial charge < -0.3 is 19.4 Å². The maximum Gasteiger partial charge on any atom is 0.268 e. The van der Waals surface area contributed by atoms with E-state index in [9.17, 15) is 9.90 Å². The Kier molecular flexibility index (Phi) is 4.06. The molecule has 2 aromatic heterocycles. The highest BCUT2D eigenvalue weighted by Crippen LogP contribution is 2.15. The maximum atomic E-state index is 12.2. The smallest absolute Gasteiger partial charge is 0.268 e. The molecule has 2 aromatic rings. The molecule has 0 radical (unpaired) electrons. The van der Waals surface area contributed by atoms with Gasteiger partial charge in [-0.1, -0.05) is 0 Å². The topological polar surface area (TPSA) is 67.4 Å². The van der Waals surface area contributed by atoms with Crippen LogP contribution in [0.4, 0.5) is 0 Å². The Balaban J connectivity index is 2.14. The van der Waals surface area contributed by atoms with Crippen molar-refractivity contribution in [2.75, 3.05) is 6.61 Å². The van der Waals surface area contributed by atoms with Gasteiger partial charge in [0.25, 0.3) is 5.91 Å². The molecule has 2 rings (SSSR count). The van der Waals surface area contributed by atoms with E-state index in [4.69, 9.17) is 4.42 Å².